The molecule has 1 N–H and O–H groups in total. The second-order valence-corrected chi connectivity index (χ2v) is 3.96. The largest absolute Gasteiger partial charge is 0.466 e. The molecule has 1 rings (SSSR count). The van der Waals surface area contributed by atoms with E-state index in [0.29, 0.717) is 24.2 Å². The normalized spacial score (nSPS) is 11.2. The molecule has 0 aliphatic carbocycles. The maximum Gasteiger partial charge on any atom is 0.333 e. The van der Waals surface area contributed by atoms with Gasteiger partial charge in [-0.2, -0.15) is 0 Å². The molecule has 0 heterocycles. The summed E-state index contributed by atoms with van der Waals surface area (Å²) in [6, 6.07) is 4.71. The van der Waals surface area contributed by atoms with Gasteiger partial charge in [0.1, 0.15) is 0 Å². The summed E-state index contributed by atoms with van der Waals surface area (Å²) in [6.45, 7) is 2.18. The molecule has 18 heavy (non-hydrogen) atoms. The smallest absolute Gasteiger partial charge is 0.333 e. The van der Waals surface area contributed by atoms with Crippen LogP contribution in [0.3, 0.4) is 0 Å². The third-order valence-electron chi connectivity index (χ3n) is 2.42. The molecule has 1 aromatic carbocycles. The predicted molar refractivity (Wildman–Crippen MR) is 70.3 cm³/mol. The molecule has 3 nitrogen and oxygen atoms in total. The van der Waals surface area contributed by atoms with Gasteiger partial charge in [-0.05, 0) is 18.6 Å². The number of carbonyl (C=O) groups is 1. The molecule has 98 valence electrons. The zero-order valence-corrected chi connectivity index (χ0v) is 11.1. The SMILES string of the molecule is CC/C(=C/CNc1cccc(Cl)c1F)C(=O)OC. The number of ether oxygens (including phenoxy) is 1. The summed E-state index contributed by atoms with van der Waals surface area (Å²) in [7, 11) is 1.33. The highest BCUT2D eigenvalue weighted by molar-refractivity contribution is 6.31. The fourth-order valence-electron chi connectivity index (χ4n) is 1.43. The average Bonchev–Trinajstić information content (AvgIpc) is 2.38. The maximum absolute atomic E-state index is 13.5. The number of benzene rings is 1. The van der Waals surface area contributed by atoms with Crippen molar-refractivity contribution in [1.29, 1.82) is 0 Å². The highest BCUT2D eigenvalue weighted by atomic mass is 35.5. The first kappa shape index (κ1) is 14.5. The number of halogens is 2. The Kier molecular flexibility index (Phi) is 5.65. The lowest BCUT2D eigenvalue weighted by molar-refractivity contribution is -0.136. The Hall–Kier alpha value is -1.55. The molecular weight excluding hydrogens is 257 g/mol. The molecule has 0 saturated heterocycles. The minimum atomic E-state index is -0.497. The Morgan fingerprint density at radius 3 is 2.89 bits per heavy atom. The van der Waals surface area contributed by atoms with Crippen LogP contribution in [0.5, 0.6) is 0 Å². The zero-order valence-electron chi connectivity index (χ0n) is 10.3. The predicted octanol–water partition coefficient (Wildman–Crippen LogP) is 3.40. The van der Waals surface area contributed by atoms with E-state index < -0.39 is 5.82 Å². The van der Waals surface area contributed by atoms with Gasteiger partial charge in [0.25, 0.3) is 0 Å². The summed E-state index contributed by atoms with van der Waals surface area (Å²) in [5.74, 6) is -0.866. The van der Waals surface area contributed by atoms with E-state index in [2.05, 4.69) is 10.1 Å². The van der Waals surface area contributed by atoms with Crippen molar-refractivity contribution in [1.82, 2.24) is 0 Å². The van der Waals surface area contributed by atoms with Gasteiger partial charge >= 0.3 is 5.97 Å². The minimum absolute atomic E-state index is 0.0627. The molecule has 0 bridgehead atoms. The molecule has 0 aliphatic heterocycles. The quantitative estimate of drug-likeness (QED) is 0.659. The second kappa shape index (κ2) is 7.01. The van der Waals surface area contributed by atoms with Crippen LogP contribution in [-0.4, -0.2) is 19.6 Å². The fraction of sp³-hybridized carbons (Fsp3) is 0.308. The Bertz CT molecular complexity index is 460. The van der Waals surface area contributed by atoms with E-state index in [4.69, 9.17) is 11.6 Å². The van der Waals surface area contributed by atoms with Crippen molar-refractivity contribution in [3.05, 3.63) is 40.7 Å². The monoisotopic (exact) mass is 271 g/mol. The Morgan fingerprint density at radius 2 is 2.28 bits per heavy atom. The van der Waals surface area contributed by atoms with E-state index in [0.717, 1.165) is 0 Å². The Balaban J connectivity index is 2.68. The van der Waals surface area contributed by atoms with Crippen LogP contribution < -0.4 is 5.32 Å². The molecule has 0 aliphatic rings. The highest BCUT2D eigenvalue weighted by Crippen LogP contribution is 2.21. The summed E-state index contributed by atoms with van der Waals surface area (Å²) in [4.78, 5) is 11.3. The second-order valence-electron chi connectivity index (χ2n) is 3.56. The highest BCUT2D eigenvalue weighted by Gasteiger charge is 2.07. The topological polar surface area (TPSA) is 38.3 Å². The number of methoxy groups -OCH3 is 1. The van der Waals surface area contributed by atoms with E-state index in [1.54, 1.807) is 18.2 Å². The molecule has 0 fully saturated rings. The lowest BCUT2D eigenvalue weighted by Crippen LogP contribution is -2.08. The van der Waals surface area contributed by atoms with E-state index in [-0.39, 0.29) is 11.0 Å². The molecule has 1 aromatic rings. The number of hydrogen-bond acceptors (Lipinski definition) is 3. The third kappa shape index (κ3) is 3.74. The van der Waals surface area contributed by atoms with Crippen molar-refractivity contribution in [2.24, 2.45) is 0 Å². The van der Waals surface area contributed by atoms with Crippen LogP contribution in [0.25, 0.3) is 0 Å². The van der Waals surface area contributed by atoms with Gasteiger partial charge in [0.05, 0.1) is 17.8 Å². The molecule has 0 aromatic heterocycles. The maximum atomic E-state index is 13.5. The van der Waals surface area contributed by atoms with Crippen LogP contribution in [0.4, 0.5) is 10.1 Å². The summed E-state index contributed by atoms with van der Waals surface area (Å²) in [5, 5.41) is 2.92. The molecule has 0 amide bonds. The summed E-state index contributed by atoms with van der Waals surface area (Å²) >= 11 is 5.65. The average molecular weight is 272 g/mol. The number of nitrogens with one attached hydrogen (secondary N) is 1. The Morgan fingerprint density at radius 1 is 1.56 bits per heavy atom. The van der Waals surface area contributed by atoms with Crippen molar-refractivity contribution in [2.45, 2.75) is 13.3 Å². The van der Waals surface area contributed by atoms with Gasteiger partial charge in [0.2, 0.25) is 0 Å². The van der Waals surface area contributed by atoms with Crippen LogP contribution in [0, 0.1) is 5.82 Å². The standard InChI is InChI=1S/C13H15ClFNO2/c1-3-9(13(17)18-2)7-8-16-11-6-4-5-10(14)12(11)15/h4-7,16H,3,8H2,1-2H3/b9-7-. The number of esters is 1. The van der Waals surface area contributed by atoms with Crippen LogP contribution in [0.1, 0.15) is 13.3 Å². The zero-order chi connectivity index (χ0) is 13.5. The molecule has 0 unspecified atom stereocenters. The van der Waals surface area contributed by atoms with E-state index in [9.17, 15) is 9.18 Å². The van der Waals surface area contributed by atoms with Gasteiger partial charge in [-0.25, -0.2) is 9.18 Å². The summed E-state index contributed by atoms with van der Waals surface area (Å²) in [6.07, 6.45) is 2.23. The van der Waals surface area contributed by atoms with Gasteiger partial charge in [0, 0.05) is 12.1 Å². The van der Waals surface area contributed by atoms with Crippen molar-refractivity contribution >= 4 is 23.3 Å². The minimum Gasteiger partial charge on any atom is -0.466 e. The number of rotatable bonds is 5. The van der Waals surface area contributed by atoms with Gasteiger partial charge in [-0.3, -0.25) is 0 Å². The molecule has 0 spiro atoms. The molecule has 0 saturated carbocycles. The van der Waals surface area contributed by atoms with E-state index >= 15 is 0 Å². The molecule has 5 heteroatoms. The molecular formula is C13H15ClFNO2. The van der Waals surface area contributed by atoms with Crippen molar-refractivity contribution in [3.8, 4) is 0 Å². The third-order valence-corrected chi connectivity index (χ3v) is 2.71. The van der Waals surface area contributed by atoms with Crippen molar-refractivity contribution in [2.75, 3.05) is 19.0 Å². The number of hydrogen-bond donors (Lipinski definition) is 1. The van der Waals surface area contributed by atoms with Crippen molar-refractivity contribution < 1.29 is 13.9 Å². The molecule has 0 radical (unpaired) electrons. The summed E-state index contributed by atoms with van der Waals surface area (Å²) in [5.41, 5.74) is 0.853. The van der Waals surface area contributed by atoms with Crippen LogP contribution in [0.15, 0.2) is 29.8 Å². The fourth-order valence-corrected chi connectivity index (χ4v) is 1.60. The lowest BCUT2D eigenvalue weighted by atomic mass is 10.2. The van der Waals surface area contributed by atoms with Crippen LogP contribution in [0.2, 0.25) is 5.02 Å². The van der Waals surface area contributed by atoms with Crippen LogP contribution in [-0.2, 0) is 9.53 Å². The first-order chi connectivity index (χ1) is 8.60. The van der Waals surface area contributed by atoms with Gasteiger partial charge in [-0.1, -0.05) is 30.7 Å². The van der Waals surface area contributed by atoms with Gasteiger partial charge in [0.15, 0.2) is 5.82 Å². The van der Waals surface area contributed by atoms with Crippen LogP contribution >= 0.6 is 11.6 Å². The van der Waals surface area contributed by atoms with E-state index in [1.165, 1.54) is 13.2 Å². The number of carbonyl (C=O) groups excluding carboxylic acids is 1. The van der Waals surface area contributed by atoms with Gasteiger partial charge in [-0.15, -0.1) is 0 Å². The van der Waals surface area contributed by atoms with Crippen molar-refractivity contribution in [3.63, 3.8) is 0 Å². The van der Waals surface area contributed by atoms with E-state index in [1.807, 2.05) is 6.92 Å². The summed E-state index contributed by atoms with van der Waals surface area (Å²) < 4.78 is 18.1. The number of anilines is 1. The lowest BCUT2D eigenvalue weighted by Gasteiger charge is -2.07. The van der Waals surface area contributed by atoms with Gasteiger partial charge < -0.3 is 10.1 Å². The first-order valence-electron chi connectivity index (χ1n) is 5.55. The Labute approximate surface area is 111 Å². The first-order valence-corrected chi connectivity index (χ1v) is 5.93. The molecule has 0 atom stereocenters.